The summed E-state index contributed by atoms with van der Waals surface area (Å²) in [7, 11) is 0.548. The molecule has 0 N–H and O–H groups in total. The highest BCUT2D eigenvalue weighted by Crippen LogP contribution is 2.23. The lowest BCUT2D eigenvalue weighted by molar-refractivity contribution is -0.152. The predicted molar refractivity (Wildman–Crippen MR) is 89.0 cm³/mol. The lowest BCUT2D eigenvalue weighted by Gasteiger charge is -2.26. The average molecular weight is 370 g/mol. The summed E-state index contributed by atoms with van der Waals surface area (Å²) >= 11 is 0. The van der Waals surface area contributed by atoms with Crippen LogP contribution in [0.4, 0.5) is 0 Å². The number of esters is 1. The molecule has 0 aromatic rings. The van der Waals surface area contributed by atoms with Gasteiger partial charge in [0.15, 0.2) is 8.87 Å². The first-order chi connectivity index (χ1) is 10.6. The summed E-state index contributed by atoms with van der Waals surface area (Å²) < 4.78 is 37.2. The zero-order valence-electron chi connectivity index (χ0n) is 14.1. The van der Waals surface area contributed by atoms with Crippen molar-refractivity contribution in [3.8, 4) is 0 Å². The Kier molecular flexibility index (Phi) is 10.7. The van der Waals surface area contributed by atoms with E-state index in [2.05, 4.69) is 0 Å². The van der Waals surface area contributed by atoms with Crippen molar-refractivity contribution in [3.63, 3.8) is 0 Å². The van der Waals surface area contributed by atoms with Crippen LogP contribution in [0.1, 0.15) is 26.2 Å². The van der Waals surface area contributed by atoms with Crippen LogP contribution in [0.15, 0.2) is 0 Å². The largest absolute Gasteiger partial charge is 0.465 e. The molecule has 136 valence electrons. The summed E-state index contributed by atoms with van der Waals surface area (Å²) in [6.07, 6.45) is 1.93. The van der Waals surface area contributed by atoms with Gasteiger partial charge in [-0.1, -0.05) is 0 Å². The SMILES string of the molecule is COCCCC(=O)OCC(C)(COC)C(=O)CCSS(C)(=O)=O. The van der Waals surface area contributed by atoms with Gasteiger partial charge in [-0.2, -0.15) is 0 Å². The number of ketones is 1. The van der Waals surface area contributed by atoms with Gasteiger partial charge in [-0.25, -0.2) is 8.42 Å². The number of methoxy groups -OCH3 is 2. The summed E-state index contributed by atoms with van der Waals surface area (Å²) in [4.78, 5) is 23.9. The van der Waals surface area contributed by atoms with Crippen molar-refractivity contribution < 1.29 is 32.2 Å². The van der Waals surface area contributed by atoms with E-state index in [1.54, 1.807) is 14.0 Å². The fourth-order valence-electron chi connectivity index (χ4n) is 1.78. The fourth-order valence-corrected chi connectivity index (χ4v) is 3.51. The highest BCUT2D eigenvalue weighted by molar-refractivity contribution is 8.71. The van der Waals surface area contributed by atoms with Gasteiger partial charge in [-0.15, -0.1) is 0 Å². The summed E-state index contributed by atoms with van der Waals surface area (Å²) in [6, 6.07) is 0. The average Bonchev–Trinajstić information content (AvgIpc) is 2.44. The van der Waals surface area contributed by atoms with Gasteiger partial charge in [0.2, 0.25) is 0 Å². The molecule has 0 spiro atoms. The number of hydrogen-bond acceptors (Lipinski definition) is 8. The van der Waals surface area contributed by atoms with Gasteiger partial charge in [-0.3, -0.25) is 9.59 Å². The quantitative estimate of drug-likeness (QED) is 0.272. The van der Waals surface area contributed by atoms with E-state index in [1.165, 1.54) is 7.11 Å². The molecule has 1 atom stereocenters. The predicted octanol–water partition coefficient (Wildman–Crippen LogP) is 1.26. The zero-order chi connectivity index (χ0) is 17.9. The molecule has 7 nitrogen and oxygen atoms in total. The molecule has 0 aliphatic carbocycles. The first-order valence-electron chi connectivity index (χ1n) is 7.16. The third-order valence-electron chi connectivity index (χ3n) is 3.04. The van der Waals surface area contributed by atoms with E-state index in [9.17, 15) is 18.0 Å². The first-order valence-corrected chi connectivity index (χ1v) is 10.5. The Morgan fingerprint density at radius 1 is 1.09 bits per heavy atom. The van der Waals surface area contributed by atoms with Crippen LogP contribution in [-0.2, 0) is 32.7 Å². The van der Waals surface area contributed by atoms with E-state index in [4.69, 9.17) is 14.2 Å². The van der Waals surface area contributed by atoms with Crippen LogP contribution in [0.3, 0.4) is 0 Å². The number of Topliss-reactive ketones (excluding diaryl/α,β-unsaturated/α-hetero) is 1. The Hall–Kier alpha value is -0.640. The molecule has 0 aromatic carbocycles. The molecular weight excluding hydrogens is 344 g/mol. The highest BCUT2D eigenvalue weighted by Gasteiger charge is 2.34. The van der Waals surface area contributed by atoms with Gasteiger partial charge in [-0.05, 0) is 24.1 Å². The molecular formula is C14H26O7S2. The number of ether oxygens (including phenoxy) is 3. The minimum Gasteiger partial charge on any atom is -0.465 e. The summed E-state index contributed by atoms with van der Waals surface area (Å²) in [5, 5.41) is 0. The van der Waals surface area contributed by atoms with Crippen LogP contribution < -0.4 is 0 Å². The lowest BCUT2D eigenvalue weighted by atomic mass is 9.86. The van der Waals surface area contributed by atoms with E-state index >= 15 is 0 Å². The summed E-state index contributed by atoms with van der Waals surface area (Å²) in [5.74, 6) is -0.429. The van der Waals surface area contributed by atoms with Crippen LogP contribution >= 0.6 is 10.8 Å². The number of hydrogen-bond donors (Lipinski definition) is 0. The van der Waals surface area contributed by atoms with E-state index in [-0.39, 0.29) is 37.6 Å². The minimum atomic E-state index is -3.18. The summed E-state index contributed by atoms with van der Waals surface area (Å²) in [5.41, 5.74) is -0.982. The third kappa shape index (κ3) is 10.7. The number of carbonyl (C=O) groups is 2. The smallest absolute Gasteiger partial charge is 0.305 e. The third-order valence-corrected chi connectivity index (χ3v) is 5.63. The van der Waals surface area contributed by atoms with Crippen LogP contribution in [0.5, 0.6) is 0 Å². The molecule has 0 aromatic heterocycles. The van der Waals surface area contributed by atoms with Crippen LogP contribution in [0, 0.1) is 5.41 Å². The second-order valence-electron chi connectivity index (χ2n) is 5.45. The van der Waals surface area contributed by atoms with Crippen LogP contribution in [-0.4, -0.2) is 66.2 Å². The molecule has 1 unspecified atom stereocenters. The molecule has 0 amide bonds. The van der Waals surface area contributed by atoms with E-state index in [0.29, 0.717) is 13.0 Å². The molecule has 0 heterocycles. The molecule has 0 fully saturated rings. The normalized spacial score (nSPS) is 14.3. The molecule has 23 heavy (non-hydrogen) atoms. The van der Waals surface area contributed by atoms with E-state index < -0.39 is 20.3 Å². The van der Waals surface area contributed by atoms with Crippen molar-refractivity contribution in [1.29, 1.82) is 0 Å². The molecule has 0 saturated heterocycles. The zero-order valence-corrected chi connectivity index (χ0v) is 15.8. The second kappa shape index (κ2) is 11.0. The van der Waals surface area contributed by atoms with Gasteiger partial charge in [0.25, 0.3) is 0 Å². The molecule has 0 rings (SSSR count). The Morgan fingerprint density at radius 2 is 1.74 bits per heavy atom. The molecule has 9 heteroatoms. The molecule has 0 aliphatic rings. The fraction of sp³-hybridized carbons (Fsp3) is 0.857. The second-order valence-corrected chi connectivity index (χ2v) is 10.0. The lowest BCUT2D eigenvalue weighted by Crippen LogP contribution is -2.38. The monoisotopic (exact) mass is 370 g/mol. The number of carbonyl (C=O) groups excluding carboxylic acids is 2. The van der Waals surface area contributed by atoms with Crippen molar-refractivity contribution in [2.75, 3.05) is 46.0 Å². The molecule has 0 radical (unpaired) electrons. The van der Waals surface area contributed by atoms with Crippen molar-refractivity contribution in [3.05, 3.63) is 0 Å². The molecule has 0 saturated carbocycles. The van der Waals surface area contributed by atoms with Crippen molar-refractivity contribution >= 4 is 31.4 Å². The Labute approximate surface area is 141 Å². The summed E-state index contributed by atoms with van der Waals surface area (Å²) in [6.45, 7) is 2.12. The van der Waals surface area contributed by atoms with Crippen molar-refractivity contribution in [2.24, 2.45) is 5.41 Å². The molecule has 0 aliphatic heterocycles. The maximum Gasteiger partial charge on any atom is 0.305 e. The first kappa shape index (κ1) is 22.4. The number of rotatable bonds is 13. The van der Waals surface area contributed by atoms with Crippen molar-refractivity contribution in [1.82, 2.24) is 0 Å². The minimum absolute atomic E-state index is 0.0683. The van der Waals surface area contributed by atoms with Gasteiger partial charge >= 0.3 is 5.97 Å². The van der Waals surface area contributed by atoms with Gasteiger partial charge in [0.05, 0.1) is 12.0 Å². The van der Waals surface area contributed by atoms with Crippen LogP contribution in [0.2, 0.25) is 0 Å². The Balaban J connectivity index is 4.47. The topological polar surface area (TPSA) is 96.0 Å². The van der Waals surface area contributed by atoms with Crippen LogP contribution in [0.25, 0.3) is 0 Å². The maximum atomic E-state index is 12.3. The maximum absolute atomic E-state index is 12.3. The highest BCUT2D eigenvalue weighted by atomic mass is 33.1. The van der Waals surface area contributed by atoms with Gasteiger partial charge < -0.3 is 14.2 Å². The van der Waals surface area contributed by atoms with Gasteiger partial charge in [0, 0.05) is 45.7 Å². The van der Waals surface area contributed by atoms with E-state index in [0.717, 1.165) is 17.0 Å². The van der Waals surface area contributed by atoms with E-state index in [1.807, 2.05) is 0 Å². The Bertz CT molecular complexity index is 476. The standard InChI is InChI=1S/C14H26O7S2/c1-14(10-20-3,11-21-13(16)6-5-8-19-2)12(15)7-9-22-23(4,17)18/h5-11H2,1-4H3. The van der Waals surface area contributed by atoms with Crippen molar-refractivity contribution in [2.45, 2.75) is 26.2 Å². The Morgan fingerprint density at radius 3 is 2.26 bits per heavy atom. The molecule has 0 bridgehead atoms. The van der Waals surface area contributed by atoms with Gasteiger partial charge in [0.1, 0.15) is 12.4 Å².